The first kappa shape index (κ1) is 17.4. The smallest absolute Gasteiger partial charge is 0.339 e. The molecule has 10 heteroatoms. The highest BCUT2D eigenvalue weighted by molar-refractivity contribution is 6.53. The minimum atomic E-state index is -1.14. The van der Waals surface area contributed by atoms with E-state index < -0.39 is 36.3 Å². The van der Waals surface area contributed by atoms with Crippen LogP contribution in [0.25, 0.3) is 0 Å². The maximum Gasteiger partial charge on any atom is 0.339 e. The number of nitrogens with one attached hydrogen (secondary N) is 2. The van der Waals surface area contributed by atoms with Crippen LogP contribution in [0, 0.1) is 0 Å². The Hall–Kier alpha value is -3.43. The molecule has 2 fully saturated rings. The second-order valence-electron chi connectivity index (χ2n) is 5.81. The third-order valence-corrected chi connectivity index (χ3v) is 3.85. The topological polar surface area (TPSA) is 125 Å². The van der Waals surface area contributed by atoms with E-state index in [0.717, 1.165) is 12.8 Å². The van der Waals surface area contributed by atoms with Gasteiger partial charge < -0.3 is 10.1 Å². The Morgan fingerprint density at radius 1 is 1.12 bits per heavy atom. The number of ether oxygens (including phenoxy) is 1. The van der Waals surface area contributed by atoms with E-state index in [9.17, 15) is 24.0 Å². The summed E-state index contributed by atoms with van der Waals surface area (Å²) in [4.78, 5) is 61.1. The molecule has 0 radical (unpaired) electrons. The average Bonchev–Trinajstić information content (AvgIpc) is 3.39. The standard InChI is InChI=1S/C16H16N4O6/c1-26-11-6-4-10(5-7-11)20-14(23)13(22)19(16(20)25)8-12(21)18-15(24)17-9-2-3-9/h4-7,9H,2-3,8H2,1H3,(H2,17,18,21,24). The number of carbonyl (C=O) groups excluding carboxylic acids is 5. The van der Waals surface area contributed by atoms with Crippen molar-refractivity contribution in [1.82, 2.24) is 15.5 Å². The summed E-state index contributed by atoms with van der Waals surface area (Å²) >= 11 is 0. The largest absolute Gasteiger partial charge is 0.497 e. The molecule has 1 aromatic carbocycles. The molecule has 136 valence electrons. The number of benzene rings is 1. The first-order valence-electron chi connectivity index (χ1n) is 7.85. The summed E-state index contributed by atoms with van der Waals surface area (Å²) in [5.41, 5.74) is 0.170. The van der Waals surface area contributed by atoms with Crippen molar-refractivity contribution in [2.45, 2.75) is 18.9 Å². The maximum absolute atomic E-state index is 12.4. The SMILES string of the molecule is COc1ccc(N2C(=O)C(=O)N(CC(=O)NC(=O)NC3CC3)C2=O)cc1. The molecule has 0 atom stereocenters. The monoisotopic (exact) mass is 360 g/mol. The Morgan fingerprint density at radius 3 is 2.35 bits per heavy atom. The van der Waals surface area contributed by atoms with Gasteiger partial charge in [0.05, 0.1) is 12.8 Å². The summed E-state index contributed by atoms with van der Waals surface area (Å²) in [6, 6.07) is 4.32. The van der Waals surface area contributed by atoms with Crippen molar-refractivity contribution in [3.8, 4) is 5.75 Å². The van der Waals surface area contributed by atoms with Crippen LogP contribution in [0.3, 0.4) is 0 Å². The van der Waals surface area contributed by atoms with E-state index in [-0.39, 0.29) is 11.7 Å². The number of urea groups is 2. The fourth-order valence-corrected chi connectivity index (χ4v) is 2.36. The number of methoxy groups -OCH3 is 1. The molecule has 1 aliphatic carbocycles. The zero-order chi connectivity index (χ0) is 18.8. The number of hydrogen-bond acceptors (Lipinski definition) is 6. The minimum absolute atomic E-state index is 0.0463. The van der Waals surface area contributed by atoms with Crippen molar-refractivity contribution in [2.24, 2.45) is 0 Å². The number of anilines is 1. The number of rotatable bonds is 5. The first-order valence-corrected chi connectivity index (χ1v) is 7.85. The third kappa shape index (κ3) is 3.48. The summed E-state index contributed by atoms with van der Waals surface area (Å²) in [6.45, 7) is -0.728. The van der Waals surface area contributed by atoms with Crippen LogP contribution in [0.4, 0.5) is 15.3 Å². The van der Waals surface area contributed by atoms with Gasteiger partial charge in [0, 0.05) is 6.04 Å². The van der Waals surface area contributed by atoms with Crippen LogP contribution in [-0.4, -0.2) is 54.4 Å². The van der Waals surface area contributed by atoms with Gasteiger partial charge in [-0.2, -0.15) is 0 Å². The van der Waals surface area contributed by atoms with Gasteiger partial charge in [-0.15, -0.1) is 0 Å². The molecular formula is C16H16N4O6. The van der Waals surface area contributed by atoms with Gasteiger partial charge in [0.1, 0.15) is 12.3 Å². The van der Waals surface area contributed by atoms with Crippen LogP contribution in [-0.2, 0) is 14.4 Å². The van der Waals surface area contributed by atoms with Gasteiger partial charge in [-0.1, -0.05) is 0 Å². The highest BCUT2D eigenvalue weighted by atomic mass is 16.5. The van der Waals surface area contributed by atoms with Crippen LogP contribution >= 0.6 is 0 Å². The van der Waals surface area contributed by atoms with Crippen molar-refractivity contribution >= 4 is 35.5 Å². The molecule has 1 saturated carbocycles. The van der Waals surface area contributed by atoms with Gasteiger partial charge >= 0.3 is 23.9 Å². The molecular weight excluding hydrogens is 344 g/mol. The van der Waals surface area contributed by atoms with Crippen LogP contribution in [0.2, 0.25) is 0 Å². The minimum Gasteiger partial charge on any atom is -0.497 e. The summed E-state index contributed by atoms with van der Waals surface area (Å²) in [6.07, 6.45) is 1.69. The molecule has 1 heterocycles. The summed E-state index contributed by atoms with van der Waals surface area (Å²) in [7, 11) is 1.46. The fourth-order valence-electron chi connectivity index (χ4n) is 2.36. The third-order valence-electron chi connectivity index (χ3n) is 3.85. The fraction of sp³-hybridized carbons (Fsp3) is 0.312. The first-order chi connectivity index (χ1) is 12.4. The lowest BCUT2D eigenvalue weighted by Crippen LogP contribution is -2.46. The molecule has 1 saturated heterocycles. The molecule has 2 N–H and O–H groups in total. The van der Waals surface area contributed by atoms with Crippen molar-refractivity contribution < 1.29 is 28.7 Å². The van der Waals surface area contributed by atoms with Crippen LogP contribution in [0.1, 0.15) is 12.8 Å². The predicted molar refractivity (Wildman–Crippen MR) is 87.3 cm³/mol. The normalized spacial score (nSPS) is 16.7. The highest BCUT2D eigenvalue weighted by Gasteiger charge is 2.46. The summed E-state index contributed by atoms with van der Waals surface area (Å²) in [5, 5.41) is 4.56. The Bertz CT molecular complexity index is 786. The molecule has 0 bridgehead atoms. The van der Waals surface area contributed by atoms with Gasteiger partial charge in [-0.05, 0) is 37.1 Å². The Kier molecular flexibility index (Phi) is 4.57. The van der Waals surface area contributed by atoms with Crippen molar-refractivity contribution in [3.05, 3.63) is 24.3 Å². The Labute approximate surface area is 148 Å². The van der Waals surface area contributed by atoms with E-state index in [1.54, 1.807) is 0 Å². The summed E-state index contributed by atoms with van der Waals surface area (Å²) in [5.74, 6) is -2.56. The van der Waals surface area contributed by atoms with Gasteiger partial charge in [-0.25, -0.2) is 19.4 Å². The Balaban J connectivity index is 1.67. The second-order valence-corrected chi connectivity index (χ2v) is 5.81. The molecule has 26 heavy (non-hydrogen) atoms. The summed E-state index contributed by atoms with van der Waals surface area (Å²) < 4.78 is 4.99. The van der Waals surface area contributed by atoms with Crippen LogP contribution in [0.5, 0.6) is 5.75 Å². The number of nitrogens with zero attached hydrogens (tertiary/aromatic N) is 2. The number of carbonyl (C=O) groups is 5. The van der Waals surface area contributed by atoms with Crippen molar-refractivity contribution in [3.63, 3.8) is 0 Å². The molecule has 10 nitrogen and oxygen atoms in total. The number of imide groups is 3. The highest BCUT2D eigenvalue weighted by Crippen LogP contribution is 2.24. The van der Waals surface area contributed by atoms with E-state index in [0.29, 0.717) is 15.5 Å². The quantitative estimate of drug-likeness (QED) is 0.561. The van der Waals surface area contributed by atoms with E-state index in [1.807, 2.05) is 5.32 Å². The van der Waals surface area contributed by atoms with E-state index >= 15 is 0 Å². The Morgan fingerprint density at radius 2 is 1.77 bits per heavy atom. The molecule has 0 aromatic heterocycles. The molecule has 1 aliphatic heterocycles. The van der Waals surface area contributed by atoms with Gasteiger partial charge in [0.2, 0.25) is 5.91 Å². The predicted octanol–water partition coefficient (Wildman–Crippen LogP) is -0.0214. The van der Waals surface area contributed by atoms with Crippen LogP contribution < -0.4 is 20.3 Å². The van der Waals surface area contributed by atoms with Crippen LogP contribution in [0.15, 0.2) is 24.3 Å². The van der Waals surface area contributed by atoms with Gasteiger partial charge in [0.15, 0.2) is 0 Å². The maximum atomic E-state index is 12.4. The molecule has 0 unspecified atom stereocenters. The lowest BCUT2D eigenvalue weighted by molar-refractivity contribution is -0.140. The second kappa shape index (κ2) is 6.82. The number of amides is 7. The number of hydrogen-bond donors (Lipinski definition) is 2. The molecule has 2 aliphatic rings. The molecule has 7 amide bonds. The zero-order valence-electron chi connectivity index (χ0n) is 13.9. The molecule has 3 rings (SSSR count). The average molecular weight is 360 g/mol. The van der Waals surface area contributed by atoms with E-state index in [1.165, 1.54) is 31.4 Å². The van der Waals surface area contributed by atoms with Crippen molar-refractivity contribution in [2.75, 3.05) is 18.6 Å². The molecule has 1 aromatic rings. The molecule has 0 spiro atoms. The zero-order valence-corrected chi connectivity index (χ0v) is 13.9. The van der Waals surface area contributed by atoms with E-state index in [2.05, 4.69) is 5.32 Å². The lowest BCUT2D eigenvalue weighted by atomic mass is 10.3. The lowest BCUT2D eigenvalue weighted by Gasteiger charge is -2.15. The van der Waals surface area contributed by atoms with Crippen molar-refractivity contribution in [1.29, 1.82) is 0 Å². The van der Waals surface area contributed by atoms with Gasteiger partial charge in [0.25, 0.3) is 0 Å². The van der Waals surface area contributed by atoms with E-state index in [4.69, 9.17) is 4.74 Å². The van der Waals surface area contributed by atoms with Gasteiger partial charge in [-0.3, -0.25) is 19.7 Å².